The molecular weight excluding hydrogens is 280 g/mol. The number of H-pyrrole nitrogens is 1. The highest BCUT2D eigenvalue weighted by atomic mass is 32.2. The van der Waals surface area contributed by atoms with Crippen LogP contribution in [-0.2, 0) is 10.0 Å². The van der Waals surface area contributed by atoms with Crippen LogP contribution >= 0.6 is 0 Å². The molecule has 0 aliphatic carbocycles. The summed E-state index contributed by atoms with van der Waals surface area (Å²) in [4.78, 5) is 11.7. The van der Waals surface area contributed by atoms with E-state index in [1.165, 1.54) is 6.92 Å². The molecule has 0 saturated heterocycles. The molecule has 1 aromatic heterocycles. The van der Waals surface area contributed by atoms with E-state index in [0.29, 0.717) is 12.5 Å². The first-order valence-electron chi connectivity index (χ1n) is 6.59. The molecule has 0 aliphatic rings. The van der Waals surface area contributed by atoms with Crippen LogP contribution in [0, 0.1) is 12.8 Å². The first-order chi connectivity index (χ1) is 9.23. The van der Waals surface area contributed by atoms with E-state index in [1.54, 1.807) is 0 Å². The van der Waals surface area contributed by atoms with Crippen molar-refractivity contribution in [2.24, 2.45) is 11.1 Å². The number of unbranched alkanes of at least 4 members (excludes halogenated alkanes) is 1. The van der Waals surface area contributed by atoms with Gasteiger partial charge in [0.25, 0.3) is 5.91 Å². The molecule has 1 heterocycles. The molecule has 0 radical (unpaired) electrons. The van der Waals surface area contributed by atoms with Crippen molar-refractivity contribution in [2.45, 2.75) is 44.9 Å². The number of aromatic nitrogens is 2. The average Bonchev–Trinajstić information content (AvgIpc) is 2.69. The second kappa shape index (κ2) is 6.85. The quantitative estimate of drug-likeness (QED) is 0.649. The summed E-state index contributed by atoms with van der Waals surface area (Å²) in [7, 11) is -3.97. The van der Waals surface area contributed by atoms with E-state index in [0.717, 1.165) is 19.3 Å². The van der Waals surface area contributed by atoms with Crippen LogP contribution in [0.1, 0.15) is 49.3 Å². The minimum absolute atomic E-state index is 0.172. The number of carbonyl (C=O) groups excluding carboxylic acids is 1. The minimum Gasteiger partial charge on any atom is -0.351 e. The van der Waals surface area contributed by atoms with Crippen LogP contribution in [-0.4, -0.2) is 31.1 Å². The van der Waals surface area contributed by atoms with E-state index in [1.807, 2.05) is 0 Å². The molecule has 0 saturated carbocycles. The van der Waals surface area contributed by atoms with Crippen molar-refractivity contribution in [3.63, 3.8) is 0 Å². The first kappa shape index (κ1) is 16.6. The van der Waals surface area contributed by atoms with Crippen LogP contribution in [0.25, 0.3) is 0 Å². The molecule has 7 nitrogen and oxygen atoms in total. The number of rotatable bonds is 7. The molecule has 0 aliphatic heterocycles. The predicted molar refractivity (Wildman–Crippen MR) is 75.7 cm³/mol. The summed E-state index contributed by atoms with van der Waals surface area (Å²) in [6.07, 6.45) is 2.96. The van der Waals surface area contributed by atoms with Gasteiger partial charge in [0.2, 0.25) is 10.0 Å². The van der Waals surface area contributed by atoms with Gasteiger partial charge < -0.3 is 5.32 Å². The zero-order valence-electron chi connectivity index (χ0n) is 12.1. The first-order valence-corrected chi connectivity index (χ1v) is 8.14. The molecule has 0 aromatic carbocycles. The number of hydrogen-bond donors (Lipinski definition) is 3. The van der Waals surface area contributed by atoms with E-state index in [9.17, 15) is 13.2 Å². The summed E-state index contributed by atoms with van der Waals surface area (Å²) in [5.74, 6) is 0.108. The average molecular weight is 302 g/mol. The number of primary sulfonamides is 1. The maximum absolute atomic E-state index is 11.9. The lowest BCUT2D eigenvalue weighted by molar-refractivity contribution is 0.0944. The van der Waals surface area contributed by atoms with Gasteiger partial charge in [-0.05, 0) is 19.3 Å². The predicted octanol–water partition coefficient (Wildman–Crippen LogP) is 0.922. The van der Waals surface area contributed by atoms with Crippen LogP contribution in [0.5, 0.6) is 0 Å². The maximum Gasteiger partial charge on any atom is 0.273 e. The van der Waals surface area contributed by atoms with Gasteiger partial charge in [-0.3, -0.25) is 9.89 Å². The Balaban J connectivity index is 2.61. The van der Waals surface area contributed by atoms with Crippen LogP contribution < -0.4 is 10.5 Å². The highest BCUT2D eigenvalue weighted by Gasteiger charge is 2.25. The van der Waals surface area contributed by atoms with Crippen LogP contribution in [0.15, 0.2) is 4.90 Å². The molecule has 20 heavy (non-hydrogen) atoms. The lowest BCUT2D eigenvalue weighted by atomic mass is 10.1. The Kier molecular flexibility index (Phi) is 5.70. The van der Waals surface area contributed by atoms with Crippen LogP contribution in [0.2, 0.25) is 0 Å². The Morgan fingerprint density at radius 1 is 1.40 bits per heavy atom. The van der Waals surface area contributed by atoms with Crippen molar-refractivity contribution in [2.75, 3.05) is 6.54 Å². The number of nitrogens with zero attached hydrogens (tertiary/aromatic N) is 1. The fourth-order valence-electron chi connectivity index (χ4n) is 1.88. The fourth-order valence-corrected chi connectivity index (χ4v) is 2.76. The SMILES string of the molecule is Cc1[nH]nc(C(=O)NCCCCC(C)C)c1S(N)(=O)=O. The molecule has 0 spiro atoms. The fraction of sp³-hybridized carbons (Fsp3) is 0.667. The van der Waals surface area contributed by atoms with Gasteiger partial charge >= 0.3 is 0 Å². The smallest absolute Gasteiger partial charge is 0.273 e. The van der Waals surface area contributed by atoms with Gasteiger partial charge in [-0.25, -0.2) is 13.6 Å². The molecule has 4 N–H and O–H groups in total. The monoisotopic (exact) mass is 302 g/mol. The molecule has 8 heteroatoms. The van der Waals surface area contributed by atoms with E-state index in [4.69, 9.17) is 5.14 Å². The second-order valence-electron chi connectivity index (χ2n) is 5.22. The molecule has 114 valence electrons. The molecule has 0 fully saturated rings. The standard InChI is InChI=1S/C12H22N4O3S/c1-8(2)6-4-5-7-14-12(17)10-11(20(13,18)19)9(3)15-16-10/h8H,4-7H2,1-3H3,(H,14,17)(H,15,16)(H2,13,18,19). The van der Waals surface area contributed by atoms with E-state index in [-0.39, 0.29) is 16.3 Å². The molecule has 1 aromatic rings. The summed E-state index contributed by atoms with van der Waals surface area (Å²) in [5.41, 5.74) is 0.0892. The van der Waals surface area contributed by atoms with Crippen molar-refractivity contribution in [1.82, 2.24) is 15.5 Å². The van der Waals surface area contributed by atoms with Crippen LogP contribution in [0.4, 0.5) is 0 Å². The van der Waals surface area contributed by atoms with E-state index in [2.05, 4.69) is 29.4 Å². The number of sulfonamides is 1. The van der Waals surface area contributed by atoms with Gasteiger partial charge in [-0.1, -0.05) is 26.7 Å². The van der Waals surface area contributed by atoms with Crippen molar-refractivity contribution >= 4 is 15.9 Å². The number of nitrogens with two attached hydrogens (primary N) is 1. The minimum atomic E-state index is -3.97. The molecule has 1 rings (SSSR count). The van der Waals surface area contributed by atoms with Gasteiger partial charge in [-0.15, -0.1) is 0 Å². The summed E-state index contributed by atoms with van der Waals surface area (Å²) in [6, 6.07) is 0. The second-order valence-corrected chi connectivity index (χ2v) is 6.72. The van der Waals surface area contributed by atoms with Crippen molar-refractivity contribution in [3.8, 4) is 0 Å². The third-order valence-corrected chi connectivity index (χ3v) is 3.95. The van der Waals surface area contributed by atoms with Gasteiger partial charge in [-0.2, -0.15) is 5.10 Å². The number of aryl methyl sites for hydroxylation is 1. The Hall–Kier alpha value is -1.41. The number of carbonyl (C=O) groups is 1. The van der Waals surface area contributed by atoms with Gasteiger partial charge in [0.05, 0.1) is 5.69 Å². The molecule has 0 atom stereocenters. The van der Waals surface area contributed by atoms with E-state index < -0.39 is 15.9 Å². The van der Waals surface area contributed by atoms with Gasteiger partial charge in [0.1, 0.15) is 4.90 Å². The molecule has 1 amide bonds. The Labute approximate surface area is 119 Å². The molecule has 0 bridgehead atoms. The van der Waals surface area contributed by atoms with E-state index >= 15 is 0 Å². The lowest BCUT2D eigenvalue weighted by Crippen LogP contribution is -2.27. The van der Waals surface area contributed by atoms with Crippen molar-refractivity contribution in [1.29, 1.82) is 0 Å². The number of aromatic amines is 1. The zero-order valence-corrected chi connectivity index (χ0v) is 12.9. The Bertz CT molecular complexity index is 563. The third-order valence-electron chi connectivity index (χ3n) is 2.88. The maximum atomic E-state index is 11.9. The summed E-state index contributed by atoms with van der Waals surface area (Å²) in [6.45, 7) is 6.28. The normalized spacial score (nSPS) is 11.8. The molecule has 0 unspecified atom stereocenters. The summed E-state index contributed by atoms with van der Waals surface area (Å²) < 4.78 is 22.9. The lowest BCUT2D eigenvalue weighted by Gasteiger charge is -2.06. The third kappa shape index (κ3) is 4.61. The van der Waals surface area contributed by atoms with Crippen molar-refractivity contribution in [3.05, 3.63) is 11.4 Å². The van der Waals surface area contributed by atoms with Gasteiger partial charge in [0.15, 0.2) is 5.69 Å². The number of amides is 1. The van der Waals surface area contributed by atoms with Gasteiger partial charge in [0, 0.05) is 6.54 Å². The van der Waals surface area contributed by atoms with Crippen molar-refractivity contribution < 1.29 is 13.2 Å². The number of nitrogens with one attached hydrogen (secondary N) is 2. The Morgan fingerprint density at radius 3 is 2.60 bits per heavy atom. The summed E-state index contributed by atoms with van der Waals surface area (Å²) in [5, 5.41) is 13.9. The highest BCUT2D eigenvalue weighted by molar-refractivity contribution is 7.89. The zero-order chi connectivity index (χ0) is 15.3. The number of hydrogen-bond acceptors (Lipinski definition) is 4. The molecular formula is C12H22N4O3S. The topological polar surface area (TPSA) is 118 Å². The summed E-state index contributed by atoms with van der Waals surface area (Å²) >= 11 is 0. The van der Waals surface area contributed by atoms with Crippen LogP contribution in [0.3, 0.4) is 0 Å². The highest BCUT2D eigenvalue weighted by Crippen LogP contribution is 2.15. The largest absolute Gasteiger partial charge is 0.351 e. The Morgan fingerprint density at radius 2 is 2.05 bits per heavy atom.